The maximum absolute atomic E-state index is 12.5. The average Bonchev–Trinajstić information content (AvgIpc) is 2.47. The van der Waals surface area contributed by atoms with Gasteiger partial charge in [0.05, 0.1) is 4.90 Å². The third-order valence-electron chi connectivity index (χ3n) is 4.13. The van der Waals surface area contributed by atoms with E-state index in [0.717, 1.165) is 43.6 Å². The van der Waals surface area contributed by atoms with E-state index in [-0.39, 0.29) is 6.04 Å². The van der Waals surface area contributed by atoms with E-state index in [0.29, 0.717) is 11.4 Å². The molecule has 2 rings (SSSR count). The van der Waals surface area contributed by atoms with Crippen molar-refractivity contribution < 1.29 is 8.42 Å². The predicted molar refractivity (Wildman–Crippen MR) is 84.5 cm³/mol. The van der Waals surface area contributed by atoms with Crippen molar-refractivity contribution in [3.8, 4) is 0 Å². The zero-order chi connectivity index (χ0) is 15.5. The Balaban J connectivity index is 2.14. The molecule has 0 aromatic heterocycles. The van der Waals surface area contributed by atoms with Crippen LogP contribution in [0.15, 0.2) is 23.1 Å². The fraction of sp³-hybridized carbons (Fsp3) is 0.600. The number of hydrogen-bond acceptors (Lipinski definition) is 4. The molecule has 1 aliphatic heterocycles. The zero-order valence-corrected chi connectivity index (χ0v) is 13.6. The number of piperidine rings is 1. The molecule has 1 atom stereocenters. The van der Waals surface area contributed by atoms with E-state index in [1.807, 2.05) is 13.0 Å². The minimum atomic E-state index is -3.47. The molecule has 0 bridgehead atoms. The number of hydrogen-bond donors (Lipinski definition) is 2. The summed E-state index contributed by atoms with van der Waals surface area (Å²) in [5.74, 6) is 0. The third kappa shape index (κ3) is 4.03. The lowest BCUT2D eigenvalue weighted by molar-refractivity contribution is 0.211. The van der Waals surface area contributed by atoms with Crippen molar-refractivity contribution in [1.82, 2.24) is 9.62 Å². The summed E-state index contributed by atoms with van der Waals surface area (Å²) in [4.78, 5) is 2.58. The highest BCUT2D eigenvalue weighted by Gasteiger charge is 2.24. The minimum absolute atomic E-state index is 0.00803. The summed E-state index contributed by atoms with van der Waals surface area (Å²) in [5.41, 5.74) is 7.55. The van der Waals surface area contributed by atoms with Gasteiger partial charge in [0, 0.05) is 19.1 Å². The van der Waals surface area contributed by atoms with Crippen LogP contribution < -0.4 is 10.5 Å². The van der Waals surface area contributed by atoms with Crippen molar-refractivity contribution >= 4 is 10.0 Å². The van der Waals surface area contributed by atoms with Crippen molar-refractivity contribution in [3.63, 3.8) is 0 Å². The molecule has 3 N–H and O–H groups in total. The molecule has 1 aliphatic rings. The van der Waals surface area contributed by atoms with Crippen molar-refractivity contribution in [3.05, 3.63) is 29.3 Å². The zero-order valence-electron chi connectivity index (χ0n) is 12.8. The van der Waals surface area contributed by atoms with Gasteiger partial charge in [0.15, 0.2) is 0 Å². The Labute approximate surface area is 127 Å². The first kappa shape index (κ1) is 16.4. The number of aryl methyl sites for hydroxylation is 1. The van der Waals surface area contributed by atoms with Gasteiger partial charge in [-0.15, -0.1) is 0 Å². The van der Waals surface area contributed by atoms with Gasteiger partial charge < -0.3 is 10.6 Å². The highest BCUT2D eigenvalue weighted by Crippen LogP contribution is 2.17. The third-order valence-corrected chi connectivity index (χ3v) is 5.64. The molecular formula is C15H25N3O2S. The van der Waals surface area contributed by atoms with E-state index in [4.69, 9.17) is 5.73 Å². The molecule has 0 saturated carbocycles. The Hall–Kier alpha value is -0.950. The van der Waals surface area contributed by atoms with Gasteiger partial charge in [0.2, 0.25) is 10.0 Å². The molecule has 1 aromatic carbocycles. The van der Waals surface area contributed by atoms with Crippen LogP contribution in [0.25, 0.3) is 0 Å². The predicted octanol–water partition coefficient (Wildman–Crippen LogP) is 1.22. The second kappa shape index (κ2) is 6.87. The maximum atomic E-state index is 12.5. The number of nitrogens with one attached hydrogen (secondary N) is 1. The number of nitrogens with two attached hydrogens (primary N) is 1. The molecule has 21 heavy (non-hydrogen) atoms. The van der Waals surface area contributed by atoms with Crippen LogP contribution in [0, 0.1) is 6.92 Å². The van der Waals surface area contributed by atoms with Gasteiger partial charge in [-0.25, -0.2) is 13.1 Å². The first-order chi connectivity index (χ1) is 9.96. The normalized spacial score (nSPS) is 20.6. The number of benzene rings is 1. The lowest BCUT2D eigenvalue weighted by Crippen LogP contribution is -2.47. The summed E-state index contributed by atoms with van der Waals surface area (Å²) in [7, 11) is -3.47. The Bertz CT molecular complexity index is 587. The highest BCUT2D eigenvalue weighted by atomic mass is 32.2. The molecule has 118 valence electrons. The molecule has 0 spiro atoms. The Kier molecular flexibility index (Phi) is 5.37. The van der Waals surface area contributed by atoms with Crippen LogP contribution in [0.4, 0.5) is 0 Å². The summed E-state index contributed by atoms with van der Waals surface area (Å²) in [5, 5.41) is 0. The Morgan fingerprint density at radius 2 is 2.19 bits per heavy atom. The van der Waals surface area contributed by atoms with Crippen LogP contribution in [0.5, 0.6) is 0 Å². The lowest BCUT2D eigenvalue weighted by Gasteiger charge is -2.32. The van der Waals surface area contributed by atoms with Gasteiger partial charge in [-0.2, -0.15) is 0 Å². The van der Waals surface area contributed by atoms with Crippen LogP contribution in [0.3, 0.4) is 0 Å². The molecule has 6 heteroatoms. The quantitative estimate of drug-likeness (QED) is 0.857. The van der Waals surface area contributed by atoms with Crippen LogP contribution in [-0.2, 0) is 16.6 Å². The molecule has 1 saturated heterocycles. The first-order valence-corrected chi connectivity index (χ1v) is 8.99. The van der Waals surface area contributed by atoms with E-state index >= 15 is 0 Å². The van der Waals surface area contributed by atoms with E-state index in [2.05, 4.69) is 16.5 Å². The summed E-state index contributed by atoms with van der Waals surface area (Å²) < 4.78 is 27.8. The van der Waals surface area contributed by atoms with E-state index in [9.17, 15) is 8.42 Å². The van der Waals surface area contributed by atoms with E-state index in [1.54, 1.807) is 12.1 Å². The lowest BCUT2D eigenvalue weighted by atomic mass is 10.1. The van der Waals surface area contributed by atoms with Crippen LogP contribution in [-0.4, -0.2) is 39.0 Å². The van der Waals surface area contributed by atoms with E-state index < -0.39 is 10.0 Å². The fourth-order valence-corrected chi connectivity index (χ4v) is 4.07. The standard InChI is InChI=1S/C15H25N3O2S/c1-3-18-8-4-5-14(11-18)17-21(19,20)15-7-6-12(2)13(9-15)10-16/h6-7,9,14,17H,3-5,8,10-11,16H2,1-2H3. The molecule has 1 heterocycles. The van der Waals surface area contributed by atoms with Gasteiger partial charge in [-0.05, 0) is 56.1 Å². The van der Waals surface area contributed by atoms with Gasteiger partial charge in [0.1, 0.15) is 0 Å². The smallest absolute Gasteiger partial charge is 0.240 e. The number of sulfonamides is 1. The molecule has 0 amide bonds. The number of likely N-dealkylation sites (N-methyl/N-ethyl adjacent to an activating group) is 1. The molecule has 5 nitrogen and oxygen atoms in total. The average molecular weight is 311 g/mol. The number of rotatable bonds is 5. The minimum Gasteiger partial charge on any atom is -0.326 e. The highest BCUT2D eigenvalue weighted by molar-refractivity contribution is 7.89. The summed E-state index contributed by atoms with van der Waals surface area (Å²) in [6, 6.07) is 5.14. The second-order valence-corrected chi connectivity index (χ2v) is 7.36. The second-order valence-electron chi connectivity index (χ2n) is 5.65. The summed E-state index contributed by atoms with van der Waals surface area (Å²) in [6.07, 6.45) is 1.92. The molecule has 0 radical (unpaired) electrons. The summed E-state index contributed by atoms with van der Waals surface area (Å²) >= 11 is 0. The van der Waals surface area contributed by atoms with Crippen molar-refractivity contribution in [2.45, 2.75) is 44.2 Å². The monoisotopic (exact) mass is 311 g/mol. The molecule has 1 aromatic rings. The fourth-order valence-electron chi connectivity index (χ4n) is 2.76. The van der Waals surface area contributed by atoms with Gasteiger partial charge in [-0.3, -0.25) is 0 Å². The topological polar surface area (TPSA) is 75.4 Å². The van der Waals surface area contributed by atoms with Gasteiger partial charge in [0.25, 0.3) is 0 Å². The van der Waals surface area contributed by atoms with Crippen LogP contribution in [0.1, 0.15) is 30.9 Å². The molecule has 1 fully saturated rings. The van der Waals surface area contributed by atoms with Crippen molar-refractivity contribution in [2.75, 3.05) is 19.6 Å². The maximum Gasteiger partial charge on any atom is 0.240 e. The Morgan fingerprint density at radius 3 is 2.86 bits per heavy atom. The van der Waals surface area contributed by atoms with Gasteiger partial charge >= 0.3 is 0 Å². The summed E-state index contributed by atoms with van der Waals surface area (Å²) in [6.45, 7) is 7.18. The molecule has 1 unspecified atom stereocenters. The van der Waals surface area contributed by atoms with Crippen LogP contribution in [0.2, 0.25) is 0 Å². The first-order valence-electron chi connectivity index (χ1n) is 7.50. The van der Waals surface area contributed by atoms with Crippen molar-refractivity contribution in [1.29, 1.82) is 0 Å². The number of likely N-dealkylation sites (tertiary alicyclic amines) is 1. The molecule has 0 aliphatic carbocycles. The largest absolute Gasteiger partial charge is 0.326 e. The SMILES string of the molecule is CCN1CCCC(NS(=O)(=O)c2ccc(C)c(CN)c2)C1. The van der Waals surface area contributed by atoms with Crippen LogP contribution >= 0.6 is 0 Å². The van der Waals surface area contributed by atoms with E-state index in [1.165, 1.54) is 0 Å². The number of nitrogens with zero attached hydrogens (tertiary/aromatic N) is 1. The molecular weight excluding hydrogens is 286 g/mol. The van der Waals surface area contributed by atoms with Gasteiger partial charge in [-0.1, -0.05) is 13.0 Å². The van der Waals surface area contributed by atoms with Crippen molar-refractivity contribution in [2.24, 2.45) is 5.73 Å². The Morgan fingerprint density at radius 1 is 1.43 bits per heavy atom.